The normalized spacial score (nSPS) is 21.6. The number of hydrogen-bond donors (Lipinski definition) is 1. The SMILES string of the molecule is OCC1(c2cc(Cl)cc(Cl)c2)CC(F)(F)C1. The molecule has 2 rings (SSSR count). The van der Waals surface area contributed by atoms with Gasteiger partial charge in [0.15, 0.2) is 0 Å². The number of halogens is 4. The minimum atomic E-state index is -2.70. The number of aliphatic hydroxyl groups is 1. The second-order valence-corrected chi connectivity index (χ2v) is 5.18. The molecule has 0 atom stereocenters. The van der Waals surface area contributed by atoms with Crippen molar-refractivity contribution in [2.75, 3.05) is 6.61 Å². The standard InChI is InChI=1S/C11H10Cl2F2O/c12-8-1-7(2-9(13)3-8)10(6-16)4-11(14,15)5-10/h1-3,16H,4-6H2. The molecule has 1 saturated carbocycles. The summed E-state index contributed by atoms with van der Waals surface area (Å²) in [6, 6.07) is 4.70. The summed E-state index contributed by atoms with van der Waals surface area (Å²) in [5.41, 5.74) is -0.309. The number of alkyl halides is 2. The molecule has 0 saturated heterocycles. The van der Waals surface area contributed by atoms with Crippen LogP contribution in [0.5, 0.6) is 0 Å². The van der Waals surface area contributed by atoms with Crippen LogP contribution >= 0.6 is 23.2 Å². The minimum absolute atomic E-state index is 0.320. The zero-order chi connectivity index (χ0) is 12.0. The number of rotatable bonds is 2. The van der Waals surface area contributed by atoms with Gasteiger partial charge in [0, 0.05) is 28.3 Å². The lowest BCUT2D eigenvalue weighted by molar-refractivity contribution is -0.139. The van der Waals surface area contributed by atoms with E-state index in [1.165, 1.54) is 6.07 Å². The van der Waals surface area contributed by atoms with Crippen LogP contribution in [-0.2, 0) is 5.41 Å². The highest BCUT2D eigenvalue weighted by Gasteiger charge is 2.57. The Morgan fingerprint density at radius 3 is 2.00 bits per heavy atom. The van der Waals surface area contributed by atoms with Gasteiger partial charge in [0.2, 0.25) is 5.92 Å². The summed E-state index contributed by atoms with van der Waals surface area (Å²) >= 11 is 11.6. The molecule has 1 fully saturated rings. The first kappa shape index (κ1) is 12.1. The fourth-order valence-electron chi connectivity index (χ4n) is 2.21. The first-order valence-corrected chi connectivity index (χ1v) is 5.58. The van der Waals surface area contributed by atoms with Crippen LogP contribution in [0.15, 0.2) is 18.2 Å². The van der Waals surface area contributed by atoms with Crippen LogP contribution in [0.4, 0.5) is 8.78 Å². The zero-order valence-electron chi connectivity index (χ0n) is 8.31. The van der Waals surface area contributed by atoms with Crippen molar-refractivity contribution in [2.45, 2.75) is 24.2 Å². The van der Waals surface area contributed by atoms with Gasteiger partial charge in [-0.3, -0.25) is 0 Å². The molecule has 1 N–H and O–H groups in total. The van der Waals surface area contributed by atoms with E-state index in [4.69, 9.17) is 23.2 Å². The maximum Gasteiger partial charge on any atom is 0.250 e. The van der Waals surface area contributed by atoms with Crippen molar-refractivity contribution in [3.63, 3.8) is 0 Å². The second kappa shape index (κ2) is 3.83. The van der Waals surface area contributed by atoms with Gasteiger partial charge in [-0.25, -0.2) is 8.78 Å². The Labute approximate surface area is 102 Å². The lowest BCUT2D eigenvalue weighted by atomic mass is 9.62. The van der Waals surface area contributed by atoms with E-state index in [-0.39, 0.29) is 19.4 Å². The third-order valence-corrected chi connectivity index (χ3v) is 3.41. The molecule has 0 amide bonds. The smallest absolute Gasteiger partial charge is 0.250 e. The van der Waals surface area contributed by atoms with Crippen LogP contribution in [0.25, 0.3) is 0 Å². The summed E-state index contributed by atoms with van der Waals surface area (Å²) < 4.78 is 25.9. The molecule has 5 heteroatoms. The van der Waals surface area contributed by atoms with Crippen LogP contribution in [0.3, 0.4) is 0 Å². The average molecular weight is 267 g/mol. The lowest BCUT2D eigenvalue weighted by Gasteiger charge is -2.46. The Kier molecular flexibility index (Phi) is 2.89. The van der Waals surface area contributed by atoms with Crippen molar-refractivity contribution in [1.29, 1.82) is 0 Å². The Morgan fingerprint density at radius 1 is 1.12 bits per heavy atom. The van der Waals surface area contributed by atoms with Gasteiger partial charge < -0.3 is 5.11 Å². The predicted molar refractivity (Wildman–Crippen MR) is 59.4 cm³/mol. The fourth-order valence-corrected chi connectivity index (χ4v) is 2.73. The molecule has 0 aromatic heterocycles. The van der Waals surface area contributed by atoms with Gasteiger partial charge in [-0.1, -0.05) is 23.2 Å². The summed E-state index contributed by atoms with van der Waals surface area (Å²) in [5, 5.41) is 10.1. The molecule has 1 aliphatic rings. The van der Waals surface area contributed by atoms with Gasteiger partial charge in [0.25, 0.3) is 0 Å². The van der Waals surface area contributed by atoms with Crippen molar-refractivity contribution >= 4 is 23.2 Å². The molecule has 0 unspecified atom stereocenters. The third-order valence-electron chi connectivity index (χ3n) is 2.97. The average Bonchev–Trinajstić information content (AvgIpc) is 2.11. The number of aliphatic hydroxyl groups excluding tert-OH is 1. The van der Waals surface area contributed by atoms with E-state index < -0.39 is 11.3 Å². The Hall–Kier alpha value is -0.380. The van der Waals surface area contributed by atoms with Gasteiger partial charge in [-0.15, -0.1) is 0 Å². The summed E-state index contributed by atoms with van der Waals surface area (Å²) in [4.78, 5) is 0. The van der Waals surface area contributed by atoms with Crippen LogP contribution in [0.1, 0.15) is 18.4 Å². The van der Waals surface area contributed by atoms with Crippen molar-refractivity contribution in [3.05, 3.63) is 33.8 Å². The highest BCUT2D eigenvalue weighted by Crippen LogP contribution is 2.53. The highest BCUT2D eigenvalue weighted by atomic mass is 35.5. The van der Waals surface area contributed by atoms with Crippen molar-refractivity contribution < 1.29 is 13.9 Å². The van der Waals surface area contributed by atoms with E-state index in [9.17, 15) is 13.9 Å². The molecule has 0 aliphatic heterocycles. The van der Waals surface area contributed by atoms with E-state index in [1.54, 1.807) is 12.1 Å². The summed E-state index contributed by atoms with van der Waals surface area (Å²) in [6.07, 6.45) is -0.708. The van der Waals surface area contributed by atoms with E-state index >= 15 is 0 Å². The van der Waals surface area contributed by atoms with Crippen LogP contribution in [0.2, 0.25) is 10.0 Å². The summed E-state index contributed by atoms with van der Waals surface area (Å²) in [6.45, 7) is -0.320. The van der Waals surface area contributed by atoms with Gasteiger partial charge in [-0.05, 0) is 23.8 Å². The molecule has 16 heavy (non-hydrogen) atoms. The van der Waals surface area contributed by atoms with Crippen molar-refractivity contribution in [1.82, 2.24) is 0 Å². The molecule has 1 aliphatic carbocycles. The molecule has 1 aromatic rings. The fraction of sp³-hybridized carbons (Fsp3) is 0.455. The van der Waals surface area contributed by atoms with Crippen molar-refractivity contribution in [3.8, 4) is 0 Å². The van der Waals surface area contributed by atoms with Gasteiger partial charge in [0.05, 0.1) is 6.61 Å². The van der Waals surface area contributed by atoms with Crippen LogP contribution < -0.4 is 0 Å². The van der Waals surface area contributed by atoms with E-state index in [2.05, 4.69) is 0 Å². The van der Waals surface area contributed by atoms with Gasteiger partial charge >= 0.3 is 0 Å². The predicted octanol–water partition coefficient (Wildman–Crippen LogP) is 3.65. The first-order chi connectivity index (χ1) is 7.37. The van der Waals surface area contributed by atoms with Crippen LogP contribution in [-0.4, -0.2) is 17.6 Å². The monoisotopic (exact) mass is 266 g/mol. The largest absolute Gasteiger partial charge is 0.395 e. The third kappa shape index (κ3) is 2.04. The molecule has 0 radical (unpaired) electrons. The number of hydrogen-bond acceptors (Lipinski definition) is 1. The Bertz CT molecular complexity index is 392. The zero-order valence-corrected chi connectivity index (χ0v) is 9.82. The second-order valence-electron chi connectivity index (χ2n) is 4.31. The molecule has 1 nitrogen and oxygen atoms in total. The highest BCUT2D eigenvalue weighted by molar-refractivity contribution is 6.34. The van der Waals surface area contributed by atoms with Crippen molar-refractivity contribution in [2.24, 2.45) is 0 Å². The molecule has 88 valence electrons. The minimum Gasteiger partial charge on any atom is -0.395 e. The van der Waals surface area contributed by atoms with E-state index in [0.29, 0.717) is 15.6 Å². The Morgan fingerprint density at radius 2 is 1.62 bits per heavy atom. The Balaban J connectivity index is 2.35. The van der Waals surface area contributed by atoms with E-state index in [0.717, 1.165) is 0 Å². The van der Waals surface area contributed by atoms with E-state index in [1.807, 2.05) is 0 Å². The van der Waals surface area contributed by atoms with Gasteiger partial charge in [-0.2, -0.15) is 0 Å². The summed E-state index contributed by atoms with van der Waals surface area (Å²) in [5.74, 6) is -2.70. The molecule has 0 bridgehead atoms. The topological polar surface area (TPSA) is 20.2 Å². The molecule has 0 spiro atoms. The number of benzene rings is 1. The lowest BCUT2D eigenvalue weighted by Crippen LogP contribution is -2.51. The maximum absolute atomic E-state index is 12.9. The van der Waals surface area contributed by atoms with Crippen LogP contribution in [0, 0.1) is 0 Å². The molecular formula is C11H10Cl2F2O. The first-order valence-electron chi connectivity index (χ1n) is 4.82. The molecular weight excluding hydrogens is 257 g/mol. The maximum atomic E-state index is 12.9. The molecule has 1 aromatic carbocycles. The van der Waals surface area contributed by atoms with Gasteiger partial charge in [0.1, 0.15) is 0 Å². The quantitative estimate of drug-likeness (QED) is 0.867. The summed E-state index contributed by atoms with van der Waals surface area (Å²) in [7, 11) is 0. The molecule has 0 heterocycles.